The second kappa shape index (κ2) is 8.67. The van der Waals surface area contributed by atoms with Gasteiger partial charge in [0.15, 0.2) is 6.61 Å². The molecule has 1 aliphatic heterocycles. The summed E-state index contributed by atoms with van der Waals surface area (Å²) in [4.78, 5) is 51.3. The summed E-state index contributed by atoms with van der Waals surface area (Å²) in [5, 5.41) is 3.18. The summed E-state index contributed by atoms with van der Waals surface area (Å²) in [6.07, 6.45) is 0. The Hall–Kier alpha value is -3.19. The molecular weight excluding hydrogens is 408 g/mol. The number of carbonyl (C=O) groups is 4. The number of fused-ring (bicyclic) bond motifs is 1. The highest BCUT2D eigenvalue weighted by Crippen LogP contribution is 2.27. The topological polar surface area (TPSA) is 92.8 Å². The van der Waals surface area contributed by atoms with Crippen LogP contribution >= 0.6 is 11.6 Å². The molecule has 0 saturated carbocycles. The van der Waals surface area contributed by atoms with Gasteiger partial charge in [0.1, 0.15) is 6.04 Å². The van der Waals surface area contributed by atoms with E-state index in [2.05, 4.69) is 5.32 Å². The van der Waals surface area contributed by atoms with Gasteiger partial charge in [-0.2, -0.15) is 0 Å². The highest BCUT2D eigenvalue weighted by Gasteiger charge is 2.44. The van der Waals surface area contributed by atoms with E-state index in [9.17, 15) is 19.2 Å². The average Bonchev–Trinajstić information content (AvgIpc) is 2.94. The Labute approximate surface area is 179 Å². The molecule has 1 N–H and O–H groups in total. The zero-order valence-corrected chi connectivity index (χ0v) is 17.5. The normalized spacial score (nSPS) is 14.0. The molecule has 0 unspecified atom stereocenters. The van der Waals surface area contributed by atoms with Crippen LogP contribution in [-0.2, 0) is 14.3 Å². The Morgan fingerprint density at radius 1 is 1.07 bits per heavy atom. The van der Waals surface area contributed by atoms with Gasteiger partial charge in [-0.3, -0.25) is 19.3 Å². The minimum Gasteiger partial charge on any atom is -0.454 e. The van der Waals surface area contributed by atoms with Gasteiger partial charge in [0, 0.05) is 10.7 Å². The van der Waals surface area contributed by atoms with E-state index in [-0.39, 0.29) is 11.1 Å². The van der Waals surface area contributed by atoms with Crippen molar-refractivity contribution in [3.05, 3.63) is 64.2 Å². The molecule has 0 radical (unpaired) electrons. The molecule has 156 valence electrons. The van der Waals surface area contributed by atoms with Crippen LogP contribution in [0.3, 0.4) is 0 Å². The van der Waals surface area contributed by atoms with E-state index in [1.165, 1.54) is 0 Å². The number of nitrogens with one attached hydrogen (secondary N) is 1. The molecule has 2 aromatic rings. The molecule has 2 aromatic carbocycles. The molecule has 3 rings (SSSR count). The summed E-state index contributed by atoms with van der Waals surface area (Å²) < 4.78 is 5.15. The first-order valence-electron chi connectivity index (χ1n) is 9.40. The van der Waals surface area contributed by atoms with Crippen molar-refractivity contribution in [2.24, 2.45) is 5.92 Å². The predicted octanol–water partition coefficient (Wildman–Crippen LogP) is 3.45. The van der Waals surface area contributed by atoms with Crippen molar-refractivity contribution in [2.45, 2.75) is 26.8 Å². The summed E-state index contributed by atoms with van der Waals surface area (Å²) in [5.41, 5.74) is 1.79. The number of hydrogen-bond acceptors (Lipinski definition) is 5. The van der Waals surface area contributed by atoms with E-state index in [4.69, 9.17) is 16.3 Å². The lowest BCUT2D eigenvalue weighted by Crippen LogP contribution is -2.49. The van der Waals surface area contributed by atoms with Gasteiger partial charge >= 0.3 is 5.97 Å². The van der Waals surface area contributed by atoms with Gasteiger partial charge in [-0.05, 0) is 48.7 Å². The summed E-state index contributed by atoms with van der Waals surface area (Å²) in [6.45, 7) is 4.64. The standard InChI is InChI=1S/C22H21ClN2O5/c1-12(2)19(25-20(27)15-6-4-5-7-16(15)21(25)28)22(29)30-11-18(26)24-17-9-8-14(23)10-13(17)3/h4-10,12,19H,11H2,1-3H3,(H,24,26)/t19-/m1/s1. The number of imide groups is 1. The smallest absolute Gasteiger partial charge is 0.330 e. The molecule has 1 heterocycles. The molecular formula is C22H21ClN2O5. The zero-order chi connectivity index (χ0) is 22.0. The maximum Gasteiger partial charge on any atom is 0.330 e. The fourth-order valence-electron chi connectivity index (χ4n) is 3.31. The van der Waals surface area contributed by atoms with E-state index < -0.39 is 42.3 Å². The summed E-state index contributed by atoms with van der Waals surface area (Å²) in [7, 11) is 0. The molecule has 0 spiro atoms. The third-order valence-corrected chi connectivity index (χ3v) is 5.02. The number of rotatable bonds is 6. The number of halogens is 1. The van der Waals surface area contributed by atoms with Gasteiger partial charge in [0.25, 0.3) is 17.7 Å². The van der Waals surface area contributed by atoms with Crippen molar-refractivity contribution in [3.8, 4) is 0 Å². The minimum absolute atomic E-state index is 0.247. The monoisotopic (exact) mass is 428 g/mol. The molecule has 0 aliphatic carbocycles. The van der Waals surface area contributed by atoms with Crippen LogP contribution in [0.5, 0.6) is 0 Å². The van der Waals surface area contributed by atoms with Crippen LogP contribution in [0.2, 0.25) is 5.02 Å². The van der Waals surface area contributed by atoms with Crippen molar-refractivity contribution in [1.29, 1.82) is 0 Å². The molecule has 30 heavy (non-hydrogen) atoms. The lowest BCUT2D eigenvalue weighted by molar-refractivity contribution is -0.152. The number of esters is 1. The third-order valence-electron chi connectivity index (χ3n) is 4.78. The van der Waals surface area contributed by atoms with Crippen molar-refractivity contribution in [2.75, 3.05) is 11.9 Å². The lowest BCUT2D eigenvalue weighted by Gasteiger charge is -2.27. The maximum absolute atomic E-state index is 12.7. The average molecular weight is 429 g/mol. The third kappa shape index (κ3) is 4.21. The van der Waals surface area contributed by atoms with E-state index in [1.54, 1.807) is 63.2 Å². The van der Waals surface area contributed by atoms with Crippen molar-refractivity contribution < 1.29 is 23.9 Å². The molecule has 8 heteroatoms. The molecule has 3 amide bonds. The summed E-state index contributed by atoms with van der Waals surface area (Å²) >= 11 is 5.90. The first kappa shape index (κ1) is 21.5. The molecule has 1 aliphatic rings. The number of carbonyl (C=O) groups excluding carboxylic acids is 4. The van der Waals surface area contributed by atoms with Crippen molar-refractivity contribution >= 4 is 41.0 Å². The van der Waals surface area contributed by atoms with Gasteiger partial charge in [-0.25, -0.2) is 4.79 Å². The Bertz CT molecular complexity index is 999. The summed E-state index contributed by atoms with van der Waals surface area (Å²) in [5.74, 6) is -2.86. The second-order valence-electron chi connectivity index (χ2n) is 7.33. The van der Waals surface area contributed by atoms with Crippen LogP contribution in [-0.4, -0.2) is 41.2 Å². The SMILES string of the molecule is Cc1cc(Cl)ccc1NC(=O)COC(=O)[C@@H](C(C)C)N1C(=O)c2ccccc2C1=O. The van der Waals surface area contributed by atoms with E-state index in [0.29, 0.717) is 10.7 Å². The lowest BCUT2D eigenvalue weighted by atomic mass is 10.0. The predicted molar refractivity (Wildman–Crippen MR) is 111 cm³/mol. The first-order valence-corrected chi connectivity index (χ1v) is 9.78. The first-order chi connectivity index (χ1) is 14.2. The Morgan fingerprint density at radius 2 is 1.67 bits per heavy atom. The molecule has 7 nitrogen and oxygen atoms in total. The summed E-state index contributed by atoms with van der Waals surface area (Å²) in [6, 6.07) is 10.2. The number of nitrogens with zero attached hydrogens (tertiary/aromatic N) is 1. The number of benzene rings is 2. The minimum atomic E-state index is -1.14. The number of anilines is 1. The molecule has 0 saturated heterocycles. The number of amides is 3. The fraction of sp³-hybridized carbons (Fsp3) is 0.273. The van der Waals surface area contributed by atoms with E-state index in [0.717, 1.165) is 10.5 Å². The van der Waals surface area contributed by atoms with Crippen LogP contribution in [0.1, 0.15) is 40.1 Å². The maximum atomic E-state index is 12.7. The Kier molecular flexibility index (Phi) is 6.22. The molecule has 0 fully saturated rings. The van der Waals surface area contributed by atoms with Gasteiger partial charge in [0.05, 0.1) is 11.1 Å². The van der Waals surface area contributed by atoms with Crippen molar-refractivity contribution in [1.82, 2.24) is 4.90 Å². The Morgan fingerprint density at radius 3 is 2.20 bits per heavy atom. The van der Waals surface area contributed by atoms with Gasteiger partial charge in [0.2, 0.25) is 0 Å². The van der Waals surface area contributed by atoms with Crippen LogP contribution in [0, 0.1) is 12.8 Å². The van der Waals surface area contributed by atoms with Gasteiger partial charge in [-0.15, -0.1) is 0 Å². The van der Waals surface area contributed by atoms with Crippen molar-refractivity contribution in [3.63, 3.8) is 0 Å². The Balaban J connectivity index is 1.69. The van der Waals surface area contributed by atoms with Gasteiger partial charge in [-0.1, -0.05) is 37.6 Å². The molecule has 1 atom stereocenters. The highest BCUT2D eigenvalue weighted by atomic mass is 35.5. The van der Waals surface area contributed by atoms with E-state index in [1.807, 2.05) is 0 Å². The number of hydrogen-bond donors (Lipinski definition) is 1. The number of aryl methyl sites for hydroxylation is 1. The van der Waals surface area contributed by atoms with Crippen LogP contribution < -0.4 is 5.32 Å². The fourth-order valence-corrected chi connectivity index (χ4v) is 3.54. The van der Waals surface area contributed by atoms with Crippen LogP contribution in [0.25, 0.3) is 0 Å². The molecule has 0 aromatic heterocycles. The zero-order valence-electron chi connectivity index (χ0n) is 16.8. The number of ether oxygens (including phenoxy) is 1. The van der Waals surface area contributed by atoms with E-state index >= 15 is 0 Å². The van der Waals surface area contributed by atoms with Crippen LogP contribution in [0.15, 0.2) is 42.5 Å². The molecule has 0 bridgehead atoms. The van der Waals surface area contributed by atoms with Gasteiger partial charge < -0.3 is 10.1 Å². The highest BCUT2D eigenvalue weighted by molar-refractivity contribution is 6.30. The quantitative estimate of drug-likeness (QED) is 0.562. The van der Waals surface area contributed by atoms with Crippen LogP contribution in [0.4, 0.5) is 5.69 Å². The largest absolute Gasteiger partial charge is 0.454 e. The second-order valence-corrected chi connectivity index (χ2v) is 7.77.